The van der Waals surface area contributed by atoms with Crippen molar-refractivity contribution in [3.05, 3.63) is 57.1 Å². The van der Waals surface area contributed by atoms with Crippen LogP contribution in [-0.4, -0.2) is 25.8 Å². The van der Waals surface area contributed by atoms with Gasteiger partial charge in [-0.2, -0.15) is 0 Å². The van der Waals surface area contributed by atoms with Gasteiger partial charge < -0.3 is 4.90 Å². The first-order valence-electron chi connectivity index (χ1n) is 10.1. The fourth-order valence-electron chi connectivity index (χ4n) is 4.13. The zero-order chi connectivity index (χ0) is 21.5. The molecule has 6 heteroatoms. The number of nitrogens with one attached hydrogen (secondary N) is 1. The fourth-order valence-corrected chi connectivity index (χ4v) is 5.78. The number of hydrogen-bond acceptors (Lipinski definition) is 3. The number of nitrogens with zero attached hydrogens (tertiary/aromatic N) is 1. The molecule has 1 N–H and O–H groups in total. The monoisotopic (exact) mass is 414 g/mol. The maximum atomic E-state index is 13.3. The van der Waals surface area contributed by atoms with E-state index in [1.165, 1.54) is 5.56 Å². The van der Waals surface area contributed by atoms with Gasteiger partial charge in [0, 0.05) is 25.2 Å². The molecular formula is C23H30N2O3S. The van der Waals surface area contributed by atoms with Crippen LogP contribution >= 0.6 is 0 Å². The minimum Gasteiger partial charge on any atom is -0.338 e. The number of benzene rings is 2. The zero-order valence-corrected chi connectivity index (χ0v) is 19.0. The van der Waals surface area contributed by atoms with Crippen LogP contribution < -0.4 is 4.72 Å². The summed E-state index contributed by atoms with van der Waals surface area (Å²) < 4.78 is 29.3. The van der Waals surface area contributed by atoms with Gasteiger partial charge in [-0.1, -0.05) is 13.0 Å². The van der Waals surface area contributed by atoms with Crippen molar-refractivity contribution in [1.29, 1.82) is 0 Å². The Kier molecular flexibility index (Phi) is 5.77. The molecule has 0 unspecified atom stereocenters. The SMILES string of the molecule is CCC(=O)N1CCc2ccc(NS(=O)(=O)c3c(C)c(C)c(C)c(C)c3C)cc2C1. The summed E-state index contributed by atoms with van der Waals surface area (Å²) in [5, 5.41) is 0. The molecule has 1 amide bonds. The normalized spacial score (nSPS) is 13.9. The average Bonchev–Trinajstić information content (AvgIpc) is 2.69. The zero-order valence-electron chi connectivity index (χ0n) is 18.1. The van der Waals surface area contributed by atoms with Gasteiger partial charge in [0.15, 0.2) is 0 Å². The maximum Gasteiger partial charge on any atom is 0.262 e. The van der Waals surface area contributed by atoms with Gasteiger partial charge >= 0.3 is 0 Å². The lowest BCUT2D eigenvalue weighted by atomic mass is 9.95. The van der Waals surface area contributed by atoms with Crippen molar-refractivity contribution in [2.45, 2.75) is 65.8 Å². The molecule has 1 aliphatic heterocycles. The molecule has 3 rings (SSSR count). The third-order valence-electron chi connectivity index (χ3n) is 6.33. The van der Waals surface area contributed by atoms with Crippen LogP contribution in [-0.2, 0) is 27.8 Å². The Labute approximate surface area is 174 Å². The van der Waals surface area contributed by atoms with Crippen LogP contribution in [0.5, 0.6) is 0 Å². The van der Waals surface area contributed by atoms with Crippen LogP contribution in [0.25, 0.3) is 0 Å². The summed E-state index contributed by atoms with van der Waals surface area (Å²) >= 11 is 0. The van der Waals surface area contributed by atoms with Crippen molar-refractivity contribution < 1.29 is 13.2 Å². The predicted octanol–water partition coefficient (Wildman–Crippen LogP) is 4.32. The van der Waals surface area contributed by atoms with Gasteiger partial charge in [0.2, 0.25) is 5.91 Å². The largest absolute Gasteiger partial charge is 0.338 e. The Morgan fingerprint density at radius 2 is 1.55 bits per heavy atom. The van der Waals surface area contributed by atoms with Crippen LogP contribution in [0.1, 0.15) is 52.3 Å². The Morgan fingerprint density at radius 3 is 2.14 bits per heavy atom. The molecule has 0 spiro atoms. The number of fused-ring (bicyclic) bond motifs is 1. The predicted molar refractivity (Wildman–Crippen MR) is 117 cm³/mol. The molecule has 0 fully saturated rings. The number of amides is 1. The molecule has 5 nitrogen and oxygen atoms in total. The van der Waals surface area contributed by atoms with Gasteiger partial charge in [0.1, 0.15) is 0 Å². The van der Waals surface area contributed by atoms with Gasteiger partial charge in [0.05, 0.1) is 4.90 Å². The second-order valence-corrected chi connectivity index (χ2v) is 9.58. The van der Waals surface area contributed by atoms with E-state index in [1.54, 1.807) is 0 Å². The molecule has 0 aromatic heterocycles. The van der Waals surface area contributed by atoms with Crippen molar-refractivity contribution in [1.82, 2.24) is 4.90 Å². The van der Waals surface area contributed by atoms with Crippen molar-refractivity contribution in [2.75, 3.05) is 11.3 Å². The van der Waals surface area contributed by atoms with Crippen LogP contribution in [0.15, 0.2) is 23.1 Å². The highest BCUT2D eigenvalue weighted by atomic mass is 32.2. The van der Waals surface area contributed by atoms with E-state index in [9.17, 15) is 13.2 Å². The van der Waals surface area contributed by atoms with E-state index in [4.69, 9.17) is 0 Å². The average molecular weight is 415 g/mol. The third kappa shape index (κ3) is 3.90. The number of sulfonamides is 1. The van der Waals surface area contributed by atoms with E-state index in [0.717, 1.165) is 39.8 Å². The molecule has 0 radical (unpaired) electrons. The van der Waals surface area contributed by atoms with E-state index in [0.29, 0.717) is 30.1 Å². The first-order chi connectivity index (χ1) is 13.6. The van der Waals surface area contributed by atoms with E-state index in [2.05, 4.69) is 4.72 Å². The second kappa shape index (κ2) is 7.82. The first-order valence-corrected chi connectivity index (χ1v) is 11.5. The number of carbonyl (C=O) groups excluding carboxylic acids is 1. The Hall–Kier alpha value is -2.34. The summed E-state index contributed by atoms with van der Waals surface area (Å²) in [5.41, 5.74) is 7.43. The Bertz CT molecular complexity index is 1060. The van der Waals surface area contributed by atoms with Gasteiger partial charge in [-0.15, -0.1) is 0 Å². The lowest BCUT2D eigenvalue weighted by Gasteiger charge is -2.29. The molecule has 0 atom stereocenters. The summed E-state index contributed by atoms with van der Waals surface area (Å²) in [6.45, 7) is 12.8. The van der Waals surface area contributed by atoms with Crippen molar-refractivity contribution >= 4 is 21.6 Å². The van der Waals surface area contributed by atoms with Gasteiger partial charge in [-0.05, 0) is 92.1 Å². The smallest absolute Gasteiger partial charge is 0.262 e. The molecule has 156 valence electrons. The standard InChI is InChI=1S/C23H30N2O3S/c1-7-22(26)25-11-10-19-8-9-21(12-20(19)13-25)24-29(27,28)23-17(5)15(3)14(2)16(4)18(23)6/h8-9,12,24H,7,10-11,13H2,1-6H3. The van der Waals surface area contributed by atoms with E-state index in [-0.39, 0.29) is 5.91 Å². The summed E-state index contributed by atoms with van der Waals surface area (Å²) in [7, 11) is -3.73. The minimum absolute atomic E-state index is 0.124. The molecule has 1 aliphatic rings. The molecule has 29 heavy (non-hydrogen) atoms. The van der Waals surface area contributed by atoms with Crippen LogP contribution in [0.3, 0.4) is 0 Å². The molecule has 1 heterocycles. The minimum atomic E-state index is -3.73. The summed E-state index contributed by atoms with van der Waals surface area (Å²) in [4.78, 5) is 14.3. The molecule has 2 aromatic carbocycles. The van der Waals surface area contributed by atoms with Gasteiger partial charge in [-0.3, -0.25) is 9.52 Å². The van der Waals surface area contributed by atoms with E-state index in [1.807, 2.05) is 64.6 Å². The van der Waals surface area contributed by atoms with E-state index < -0.39 is 10.0 Å². The fraction of sp³-hybridized carbons (Fsp3) is 0.435. The van der Waals surface area contributed by atoms with Crippen molar-refractivity contribution in [3.63, 3.8) is 0 Å². The second-order valence-electron chi connectivity index (χ2n) is 7.96. The number of rotatable bonds is 4. The third-order valence-corrected chi connectivity index (χ3v) is 7.98. The van der Waals surface area contributed by atoms with Crippen molar-refractivity contribution in [2.24, 2.45) is 0 Å². The molecule has 0 saturated carbocycles. The highest BCUT2D eigenvalue weighted by molar-refractivity contribution is 7.92. The molecular weight excluding hydrogens is 384 g/mol. The van der Waals surface area contributed by atoms with Gasteiger partial charge in [0.25, 0.3) is 10.0 Å². The molecule has 0 saturated heterocycles. The Morgan fingerprint density at radius 1 is 0.966 bits per heavy atom. The number of hydrogen-bond donors (Lipinski definition) is 1. The highest BCUT2D eigenvalue weighted by Gasteiger charge is 2.25. The van der Waals surface area contributed by atoms with Crippen molar-refractivity contribution in [3.8, 4) is 0 Å². The van der Waals surface area contributed by atoms with Crippen LogP contribution in [0.4, 0.5) is 5.69 Å². The van der Waals surface area contributed by atoms with Gasteiger partial charge in [-0.25, -0.2) is 8.42 Å². The summed E-state index contributed by atoms with van der Waals surface area (Å²) in [5.74, 6) is 0.124. The maximum absolute atomic E-state index is 13.3. The summed E-state index contributed by atoms with van der Waals surface area (Å²) in [6.07, 6.45) is 1.27. The lowest BCUT2D eigenvalue weighted by Crippen LogP contribution is -2.35. The van der Waals surface area contributed by atoms with E-state index >= 15 is 0 Å². The Balaban J connectivity index is 1.96. The summed E-state index contributed by atoms with van der Waals surface area (Å²) in [6, 6.07) is 5.64. The topological polar surface area (TPSA) is 66.5 Å². The quantitative estimate of drug-likeness (QED) is 0.810. The molecule has 0 bridgehead atoms. The number of anilines is 1. The van der Waals surface area contributed by atoms with Crippen LogP contribution in [0, 0.1) is 34.6 Å². The number of carbonyl (C=O) groups is 1. The molecule has 2 aromatic rings. The van der Waals surface area contributed by atoms with Crippen LogP contribution in [0.2, 0.25) is 0 Å². The lowest BCUT2D eigenvalue weighted by molar-refractivity contribution is -0.131. The highest BCUT2D eigenvalue weighted by Crippen LogP contribution is 2.31. The molecule has 0 aliphatic carbocycles. The first kappa shape index (κ1) is 21.4.